The molecule has 1 aromatic rings. The smallest absolute Gasteiger partial charge is 0.113 e. The minimum absolute atomic E-state index is 0.144. The highest BCUT2D eigenvalue weighted by Gasteiger charge is 2.39. The third kappa shape index (κ3) is 2.03. The summed E-state index contributed by atoms with van der Waals surface area (Å²) in [4.78, 5) is 4.69. The fourth-order valence-electron chi connectivity index (χ4n) is 2.71. The van der Waals surface area contributed by atoms with Crippen LogP contribution in [0.3, 0.4) is 0 Å². The lowest BCUT2D eigenvalue weighted by atomic mass is 9.71. The Bertz CT molecular complexity index is 361. The monoisotopic (exact) mass is 238 g/mol. The van der Waals surface area contributed by atoms with Crippen molar-refractivity contribution in [1.82, 2.24) is 10.3 Å². The number of rotatable bonds is 2. The quantitative estimate of drug-likeness (QED) is 0.855. The molecule has 3 atom stereocenters. The summed E-state index contributed by atoms with van der Waals surface area (Å²) in [5, 5.41) is 6.99. The Morgan fingerprint density at radius 2 is 2.19 bits per heavy atom. The predicted molar refractivity (Wildman–Crippen MR) is 69.8 cm³/mol. The molecule has 1 fully saturated rings. The second-order valence-corrected chi connectivity index (χ2v) is 6.18. The van der Waals surface area contributed by atoms with Gasteiger partial charge in [0.2, 0.25) is 0 Å². The summed E-state index contributed by atoms with van der Waals surface area (Å²) >= 11 is 1.81. The SMILES string of the molecule is CNC1(c2nc(C)cs2)CCC(C)C(C)C1. The summed E-state index contributed by atoms with van der Waals surface area (Å²) in [6.07, 6.45) is 3.75. The largest absolute Gasteiger partial charge is 0.308 e. The molecular formula is C13H22N2S. The molecular weight excluding hydrogens is 216 g/mol. The first-order chi connectivity index (χ1) is 7.57. The molecule has 0 radical (unpaired) electrons. The van der Waals surface area contributed by atoms with Crippen molar-refractivity contribution >= 4 is 11.3 Å². The van der Waals surface area contributed by atoms with E-state index in [0.717, 1.165) is 17.5 Å². The normalized spacial score (nSPS) is 35.2. The van der Waals surface area contributed by atoms with Gasteiger partial charge in [-0.2, -0.15) is 0 Å². The standard InChI is InChI=1S/C13H22N2S/c1-9-5-6-13(14-4,7-10(9)2)12-15-11(3)8-16-12/h8-10,14H,5-7H2,1-4H3. The summed E-state index contributed by atoms with van der Waals surface area (Å²) in [6, 6.07) is 0. The Labute approximate surface area is 102 Å². The van der Waals surface area contributed by atoms with Crippen LogP contribution >= 0.6 is 11.3 Å². The van der Waals surface area contributed by atoms with E-state index in [1.165, 1.54) is 24.3 Å². The average molecular weight is 238 g/mol. The van der Waals surface area contributed by atoms with Gasteiger partial charge < -0.3 is 5.32 Å². The molecule has 1 saturated carbocycles. The highest BCUT2D eigenvalue weighted by Crippen LogP contribution is 2.43. The van der Waals surface area contributed by atoms with Gasteiger partial charge in [0.05, 0.1) is 5.54 Å². The van der Waals surface area contributed by atoms with Gasteiger partial charge >= 0.3 is 0 Å². The van der Waals surface area contributed by atoms with Gasteiger partial charge in [-0.1, -0.05) is 13.8 Å². The van der Waals surface area contributed by atoms with Crippen LogP contribution in [0.2, 0.25) is 0 Å². The molecule has 1 heterocycles. The zero-order chi connectivity index (χ0) is 11.8. The van der Waals surface area contributed by atoms with Crippen molar-refractivity contribution < 1.29 is 0 Å². The summed E-state index contributed by atoms with van der Waals surface area (Å²) in [5.74, 6) is 1.63. The van der Waals surface area contributed by atoms with Gasteiger partial charge in [-0.3, -0.25) is 0 Å². The van der Waals surface area contributed by atoms with E-state index in [1.54, 1.807) is 0 Å². The first-order valence-corrected chi connectivity index (χ1v) is 7.07. The maximum Gasteiger partial charge on any atom is 0.113 e. The van der Waals surface area contributed by atoms with E-state index in [4.69, 9.17) is 4.98 Å². The number of aryl methyl sites for hydroxylation is 1. The van der Waals surface area contributed by atoms with Crippen molar-refractivity contribution in [1.29, 1.82) is 0 Å². The van der Waals surface area contributed by atoms with Crippen molar-refractivity contribution in [2.45, 2.75) is 45.6 Å². The Kier molecular flexibility index (Phi) is 3.36. The number of thiazole rings is 1. The lowest BCUT2D eigenvalue weighted by Crippen LogP contribution is -2.45. The van der Waals surface area contributed by atoms with Crippen molar-refractivity contribution in [3.63, 3.8) is 0 Å². The number of nitrogens with one attached hydrogen (secondary N) is 1. The Hall–Kier alpha value is -0.410. The predicted octanol–water partition coefficient (Wildman–Crippen LogP) is 3.32. The van der Waals surface area contributed by atoms with Crippen molar-refractivity contribution in [3.05, 3.63) is 16.1 Å². The van der Waals surface area contributed by atoms with Crippen LogP contribution in [0, 0.1) is 18.8 Å². The molecule has 3 unspecified atom stereocenters. The first kappa shape index (κ1) is 12.1. The molecule has 2 rings (SSSR count). The Balaban J connectivity index is 2.26. The van der Waals surface area contributed by atoms with Gasteiger partial charge in [0, 0.05) is 11.1 Å². The van der Waals surface area contributed by atoms with Gasteiger partial charge in [-0.05, 0) is 45.1 Å². The van der Waals surface area contributed by atoms with Gasteiger partial charge in [-0.25, -0.2) is 4.98 Å². The second kappa shape index (κ2) is 4.46. The summed E-state index contributed by atoms with van der Waals surface area (Å²) in [6.45, 7) is 6.83. The van der Waals surface area contributed by atoms with Crippen LogP contribution in [0.25, 0.3) is 0 Å². The van der Waals surface area contributed by atoms with E-state index < -0.39 is 0 Å². The van der Waals surface area contributed by atoms with Crippen molar-refractivity contribution in [2.75, 3.05) is 7.05 Å². The van der Waals surface area contributed by atoms with E-state index >= 15 is 0 Å². The van der Waals surface area contributed by atoms with Gasteiger partial charge in [-0.15, -0.1) is 11.3 Å². The van der Waals surface area contributed by atoms with Crippen LogP contribution in [0.1, 0.15) is 43.8 Å². The van der Waals surface area contributed by atoms with Crippen LogP contribution in [-0.4, -0.2) is 12.0 Å². The molecule has 0 aliphatic heterocycles. The second-order valence-electron chi connectivity index (χ2n) is 5.32. The molecule has 2 nitrogen and oxygen atoms in total. The number of aromatic nitrogens is 1. The van der Waals surface area contributed by atoms with E-state index in [1.807, 2.05) is 11.3 Å². The molecule has 0 aromatic carbocycles. The third-order valence-electron chi connectivity index (χ3n) is 4.18. The summed E-state index contributed by atoms with van der Waals surface area (Å²) in [7, 11) is 2.08. The van der Waals surface area contributed by atoms with Gasteiger partial charge in [0.1, 0.15) is 5.01 Å². The molecule has 3 heteroatoms. The fraction of sp³-hybridized carbons (Fsp3) is 0.769. The van der Waals surface area contributed by atoms with Crippen molar-refractivity contribution in [3.8, 4) is 0 Å². The molecule has 1 N–H and O–H groups in total. The highest BCUT2D eigenvalue weighted by atomic mass is 32.1. The molecule has 1 aliphatic rings. The van der Waals surface area contributed by atoms with E-state index in [-0.39, 0.29) is 5.54 Å². The first-order valence-electron chi connectivity index (χ1n) is 6.19. The van der Waals surface area contributed by atoms with Crippen molar-refractivity contribution in [2.24, 2.45) is 11.8 Å². The molecule has 0 saturated heterocycles. The van der Waals surface area contributed by atoms with Gasteiger partial charge in [0.25, 0.3) is 0 Å². The maximum atomic E-state index is 4.69. The van der Waals surface area contributed by atoms with Crippen LogP contribution in [-0.2, 0) is 5.54 Å². The lowest BCUT2D eigenvalue weighted by Gasteiger charge is -2.41. The Morgan fingerprint density at radius 1 is 1.44 bits per heavy atom. The zero-order valence-electron chi connectivity index (χ0n) is 10.7. The molecule has 1 aliphatic carbocycles. The molecule has 16 heavy (non-hydrogen) atoms. The average Bonchev–Trinajstić information content (AvgIpc) is 2.70. The van der Waals surface area contributed by atoms with Crippen LogP contribution in [0.5, 0.6) is 0 Å². The summed E-state index contributed by atoms with van der Waals surface area (Å²) < 4.78 is 0. The minimum Gasteiger partial charge on any atom is -0.308 e. The van der Waals surface area contributed by atoms with E-state index in [0.29, 0.717) is 0 Å². The number of nitrogens with zero attached hydrogens (tertiary/aromatic N) is 1. The maximum absolute atomic E-state index is 4.69. The molecule has 1 aromatic heterocycles. The third-order valence-corrected chi connectivity index (χ3v) is 5.34. The molecule has 0 spiro atoms. The fourth-order valence-corrected chi connectivity index (χ4v) is 3.76. The van der Waals surface area contributed by atoms with Gasteiger partial charge in [0.15, 0.2) is 0 Å². The van der Waals surface area contributed by atoms with E-state index in [9.17, 15) is 0 Å². The summed E-state index contributed by atoms with van der Waals surface area (Å²) in [5.41, 5.74) is 1.30. The number of hydrogen-bond acceptors (Lipinski definition) is 3. The van der Waals surface area contributed by atoms with Crippen LogP contribution in [0.15, 0.2) is 5.38 Å². The molecule has 0 bridgehead atoms. The number of hydrogen-bond donors (Lipinski definition) is 1. The molecule has 0 amide bonds. The van der Waals surface area contributed by atoms with Crippen LogP contribution < -0.4 is 5.32 Å². The highest BCUT2D eigenvalue weighted by molar-refractivity contribution is 7.09. The Morgan fingerprint density at radius 3 is 2.69 bits per heavy atom. The van der Waals surface area contributed by atoms with E-state index in [2.05, 4.69) is 38.5 Å². The topological polar surface area (TPSA) is 24.9 Å². The zero-order valence-corrected chi connectivity index (χ0v) is 11.5. The lowest BCUT2D eigenvalue weighted by molar-refractivity contribution is 0.148. The molecule has 90 valence electrons. The van der Waals surface area contributed by atoms with Crippen LogP contribution in [0.4, 0.5) is 0 Å². The minimum atomic E-state index is 0.144.